The SMILES string of the molecule is O=C(Nc1ccccc1-c1ccncc1)[C@@H]1CCCN1C(=O)O. The Bertz CT molecular complexity index is 718. The van der Waals surface area contributed by atoms with E-state index in [1.165, 1.54) is 4.90 Å². The third-order valence-electron chi connectivity index (χ3n) is 3.98. The summed E-state index contributed by atoms with van der Waals surface area (Å²) in [5.74, 6) is -0.286. The molecule has 6 nitrogen and oxygen atoms in total. The summed E-state index contributed by atoms with van der Waals surface area (Å²) in [4.78, 5) is 28.9. The van der Waals surface area contributed by atoms with Crippen LogP contribution < -0.4 is 5.32 Å². The van der Waals surface area contributed by atoms with Gasteiger partial charge in [0.05, 0.1) is 0 Å². The van der Waals surface area contributed by atoms with Gasteiger partial charge in [-0.1, -0.05) is 18.2 Å². The number of benzene rings is 1. The molecule has 0 unspecified atom stereocenters. The number of carboxylic acid groups (broad SMARTS) is 1. The van der Waals surface area contributed by atoms with Crippen molar-refractivity contribution in [2.75, 3.05) is 11.9 Å². The van der Waals surface area contributed by atoms with E-state index >= 15 is 0 Å². The van der Waals surface area contributed by atoms with E-state index in [9.17, 15) is 14.7 Å². The largest absolute Gasteiger partial charge is 0.465 e. The van der Waals surface area contributed by atoms with E-state index in [2.05, 4.69) is 10.3 Å². The molecule has 0 spiro atoms. The van der Waals surface area contributed by atoms with Crippen LogP contribution in [0.2, 0.25) is 0 Å². The minimum atomic E-state index is -1.05. The Morgan fingerprint density at radius 1 is 1.17 bits per heavy atom. The molecule has 23 heavy (non-hydrogen) atoms. The van der Waals surface area contributed by atoms with Crippen molar-refractivity contribution in [1.82, 2.24) is 9.88 Å². The zero-order chi connectivity index (χ0) is 16.2. The Balaban J connectivity index is 1.84. The molecule has 1 aromatic carbocycles. The van der Waals surface area contributed by atoms with Gasteiger partial charge in [0.15, 0.2) is 0 Å². The third kappa shape index (κ3) is 3.15. The molecule has 2 aromatic rings. The monoisotopic (exact) mass is 311 g/mol. The van der Waals surface area contributed by atoms with E-state index < -0.39 is 12.1 Å². The minimum Gasteiger partial charge on any atom is -0.465 e. The second-order valence-electron chi connectivity index (χ2n) is 5.40. The number of likely N-dealkylation sites (tertiary alicyclic amines) is 1. The Labute approximate surface area is 133 Å². The van der Waals surface area contributed by atoms with Crippen LogP contribution in [0.3, 0.4) is 0 Å². The van der Waals surface area contributed by atoms with Gasteiger partial charge in [0, 0.05) is 30.2 Å². The van der Waals surface area contributed by atoms with Crippen LogP contribution in [0.4, 0.5) is 10.5 Å². The number of anilines is 1. The van der Waals surface area contributed by atoms with Gasteiger partial charge < -0.3 is 10.4 Å². The Hall–Kier alpha value is -2.89. The standard InChI is InChI=1S/C17H17N3O3/c21-16(15-6-3-11-20(15)17(22)23)19-14-5-2-1-4-13(14)12-7-9-18-10-8-12/h1-2,4-5,7-10,15H,3,6,11H2,(H,19,21)(H,22,23)/t15-/m0/s1. The fourth-order valence-corrected chi connectivity index (χ4v) is 2.86. The first kappa shape index (κ1) is 15.0. The van der Waals surface area contributed by atoms with Crippen LogP contribution in [-0.2, 0) is 4.79 Å². The highest BCUT2D eigenvalue weighted by atomic mass is 16.4. The fourth-order valence-electron chi connectivity index (χ4n) is 2.86. The minimum absolute atomic E-state index is 0.286. The normalized spacial score (nSPS) is 17.0. The van der Waals surface area contributed by atoms with E-state index in [0.29, 0.717) is 25.1 Å². The number of hydrogen-bond donors (Lipinski definition) is 2. The smallest absolute Gasteiger partial charge is 0.407 e. The van der Waals surface area contributed by atoms with Crippen molar-refractivity contribution < 1.29 is 14.7 Å². The summed E-state index contributed by atoms with van der Waals surface area (Å²) < 4.78 is 0. The molecular weight excluding hydrogens is 294 g/mol. The number of carbonyl (C=O) groups is 2. The average molecular weight is 311 g/mol. The van der Waals surface area contributed by atoms with Gasteiger partial charge in [0.25, 0.3) is 0 Å². The van der Waals surface area contributed by atoms with Gasteiger partial charge in [0.1, 0.15) is 6.04 Å². The number of para-hydroxylation sites is 1. The van der Waals surface area contributed by atoms with E-state index in [1.807, 2.05) is 36.4 Å². The molecule has 2 heterocycles. The molecule has 1 aromatic heterocycles. The van der Waals surface area contributed by atoms with Crippen molar-refractivity contribution in [2.45, 2.75) is 18.9 Å². The maximum absolute atomic E-state index is 12.5. The molecule has 1 aliphatic heterocycles. The number of nitrogens with one attached hydrogen (secondary N) is 1. The molecule has 2 N–H and O–H groups in total. The molecular formula is C17H17N3O3. The number of pyridine rings is 1. The van der Waals surface area contributed by atoms with Crippen LogP contribution in [0.1, 0.15) is 12.8 Å². The molecule has 3 rings (SSSR count). The maximum Gasteiger partial charge on any atom is 0.407 e. The highest BCUT2D eigenvalue weighted by Crippen LogP contribution is 2.28. The lowest BCUT2D eigenvalue weighted by Crippen LogP contribution is -2.42. The summed E-state index contributed by atoms with van der Waals surface area (Å²) in [6.45, 7) is 0.402. The van der Waals surface area contributed by atoms with Gasteiger partial charge >= 0.3 is 6.09 Å². The molecule has 0 bridgehead atoms. The van der Waals surface area contributed by atoms with Crippen LogP contribution >= 0.6 is 0 Å². The molecule has 0 saturated carbocycles. The number of rotatable bonds is 3. The number of hydrogen-bond acceptors (Lipinski definition) is 3. The molecule has 1 fully saturated rings. The van der Waals surface area contributed by atoms with Crippen LogP contribution in [0.5, 0.6) is 0 Å². The molecule has 0 radical (unpaired) electrons. The van der Waals surface area contributed by atoms with Crippen LogP contribution in [-0.4, -0.2) is 39.6 Å². The van der Waals surface area contributed by atoms with E-state index in [4.69, 9.17) is 0 Å². The number of nitrogens with zero attached hydrogens (tertiary/aromatic N) is 2. The molecule has 0 aliphatic carbocycles. The first-order valence-corrected chi connectivity index (χ1v) is 7.46. The Morgan fingerprint density at radius 2 is 1.91 bits per heavy atom. The van der Waals surface area contributed by atoms with Gasteiger partial charge in [-0.15, -0.1) is 0 Å². The van der Waals surface area contributed by atoms with Gasteiger partial charge in [-0.25, -0.2) is 4.79 Å². The average Bonchev–Trinajstić information content (AvgIpc) is 3.06. The van der Waals surface area contributed by atoms with E-state index in [-0.39, 0.29) is 5.91 Å². The zero-order valence-electron chi connectivity index (χ0n) is 12.5. The summed E-state index contributed by atoms with van der Waals surface area (Å²) >= 11 is 0. The zero-order valence-corrected chi connectivity index (χ0v) is 12.5. The molecule has 118 valence electrons. The predicted molar refractivity (Wildman–Crippen MR) is 86.1 cm³/mol. The molecule has 6 heteroatoms. The number of carbonyl (C=O) groups excluding carboxylic acids is 1. The van der Waals surface area contributed by atoms with Crippen LogP contribution in [0.15, 0.2) is 48.8 Å². The summed E-state index contributed by atoms with van der Waals surface area (Å²) in [6.07, 6.45) is 3.59. The molecule has 1 atom stereocenters. The van der Waals surface area contributed by atoms with Crippen molar-refractivity contribution in [1.29, 1.82) is 0 Å². The highest BCUT2D eigenvalue weighted by Gasteiger charge is 2.34. The first-order chi connectivity index (χ1) is 11.2. The van der Waals surface area contributed by atoms with Crippen molar-refractivity contribution in [2.24, 2.45) is 0 Å². The Morgan fingerprint density at radius 3 is 2.65 bits per heavy atom. The lowest BCUT2D eigenvalue weighted by molar-refractivity contribution is -0.119. The number of amides is 2. The predicted octanol–water partition coefficient (Wildman–Crippen LogP) is 2.83. The lowest BCUT2D eigenvalue weighted by Gasteiger charge is -2.21. The van der Waals surface area contributed by atoms with Crippen molar-refractivity contribution in [3.05, 3.63) is 48.8 Å². The van der Waals surface area contributed by atoms with Gasteiger partial charge in [-0.3, -0.25) is 14.7 Å². The van der Waals surface area contributed by atoms with Crippen molar-refractivity contribution in [3.63, 3.8) is 0 Å². The quantitative estimate of drug-likeness (QED) is 0.913. The lowest BCUT2D eigenvalue weighted by atomic mass is 10.0. The van der Waals surface area contributed by atoms with Gasteiger partial charge in [-0.05, 0) is 36.6 Å². The summed E-state index contributed by atoms with van der Waals surface area (Å²) in [6, 6.07) is 10.6. The van der Waals surface area contributed by atoms with Gasteiger partial charge in [-0.2, -0.15) is 0 Å². The molecule has 2 amide bonds. The summed E-state index contributed by atoms with van der Waals surface area (Å²) in [5, 5.41) is 12.0. The molecule has 1 saturated heterocycles. The summed E-state index contributed by atoms with van der Waals surface area (Å²) in [7, 11) is 0. The van der Waals surface area contributed by atoms with Crippen molar-refractivity contribution >= 4 is 17.7 Å². The second kappa shape index (κ2) is 6.48. The van der Waals surface area contributed by atoms with Crippen LogP contribution in [0, 0.1) is 0 Å². The van der Waals surface area contributed by atoms with Crippen molar-refractivity contribution in [3.8, 4) is 11.1 Å². The first-order valence-electron chi connectivity index (χ1n) is 7.46. The number of aromatic nitrogens is 1. The fraction of sp³-hybridized carbons (Fsp3) is 0.235. The van der Waals surface area contributed by atoms with Crippen LogP contribution in [0.25, 0.3) is 11.1 Å². The molecule has 1 aliphatic rings. The van der Waals surface area contributed by atoms with Gasteiger partial charge in [0.2, 0.25) is 5.91 Å². The highest BCUT2D eigenvalue weighted by molar-refractivity contribution is 5.99. The topological polar surface area (TPSA) is 82.5 Å². The second-order valence-corrected chi connectivity index (χ2v) is 5.40. The van der Waals surface area contributed by atoms with E-state index in [1.54, 1.807) is 12.4 Å². The van der Waals surface area contributed by atoms with E-state index in [0.717, 1.165) is 11.1 Å². The maximum atomic E-state index is 12.5. The third-order valence-corrected chi connectivity index (χ3v) is 3.98. The summed E-state index contributed by atoms with van der Waals surface area (Å²) in [5.41, 5.74) is 2.49. The Kier molecular flexibility index (Phi) is 4.23.